The van der Waals surface area contributed by atoms with Gasteiger partial charge in [-0.15, -0.1) is 13.2 Å². The van der Waals surface area contributed by atoms with Gasteiger partial charge in [0.15, 0.2) is 0 Å². The fraction of sp³-hybridized carbons (Fsp3) is 0.483. The molecule has 2 aromatic carbocycles. The number of benzene rings is 2. The van der Waals surface area contributed by atoms with Crippen LogP contribution in [0.1, 0.15) is 62.6 Å². The number of amides is 2. The maximum absolute atomic E-state index is 13.1. The summed E-state index contributed by atoms with van der Waals surface area (Å²) in [5.74, 6) is -1.12. The number of nitrogens with zero attached hydrogens (tertiary/aromatic N) is 2. The third kappa shape index (κ3) is 8.51. The molecule has 222 valence electrons. The fourth-order valence-electron chi connectivity index (χ4n) is 4.55. The number of carbonyl (C=O) groups excluding carboxylic acids is 2. The zero-order valence-electron chi connectivity index (χ0n) is 23.1. The average Bonchev–Trinajstić information content (AvgIpc) is 3.61. The summed E-state index contributed by atoms with van der Waals surface area (Å²) in [6.07, 6.45) is -3.70. The predicted molar refractivity (Wildman–Crippen MR) is 142 cm³/mol. The molecule has 4 rings (SSSR count). The van der Waals surface area contributed by atoms with Gasteiger partial charge in [-0.2, -0.15) is 0 Å². The van der Waals surface area contributed by atoms with Crippen LogP contribution >= 0.6 is 0 Å². The molecule has 0 spiro atoms. The number of hydrogen-bond acceptors (Lipinski definition) is 6. The van der Waals surface area contributed by atoms with E-state index in [1.165, 1.54) is 11.0 Å². The zero-order chi connectivity index (χ0) is 29.9. The maximum Gasteiger partial charge on any atom is 0.573 e. The number of rotatable bonds is 10. The van der Waals surface area contributed by atoms with Gasteiger partial charge in [0, 0.05) is 18.8 Å². The Bertz CT molecular complexity index is 1300. The molecule has 0 aromatic heterocycles. The summed E-state index contributed by atoms with van der Waals surface area (Å²) < 4.78 is 54.2. The van der Waals surface area contributed by atoms with E-state index in [4.69, 9.17) is 14.6 Å². The summed E-state index contributed by atoms with van der Waals surface area (Å²) in [5.41, 5.74) is 1.72. The van der Waals surface area contributed by atoms with Gasteiger partial charge in [-0.25, -0.2) is 4.79 Å². The average molecular weight is 579 g/mol. The van der Waals surface area contributed by atoms with Crippen LogP contribution in [-0.4, -0.2) is 59.6 Å². The molecular formula is C29H33F3N2O7. The molecule has 1 aliphatic heterocycles. The van der Waals surface area contributed by atoms with E-state index in [2.05, 4.69) is 4.74 Å². The molecule has 1 aliphatic carbocycles. The Morgan fingerprint density at radius 1 is 1.07 bits per heavy atom. The highest BCUT2D eigenvalue weighted by Crippen LogP contribution is 2.45. The molecule has 0 bridgehead atoms. The van der Waals surface area contributed by atoms with Crippen molar-refractivity contribution in [2.45, 2.75) is 70.9 Å². The van der Waals surface area contributed by atoms with E-state index in [1.54, 1.807) is 51.1 Å². The van der Waals surface area contributed by atoms with Crippen LogP contribution in [0, 0.1) is 0 Å². The number of carbonyl (C=O) groups is 3. The Labute approximate surface area is 235 Å². The van der Waals surface area contributed by atoms with Crippen LogP contribution in [0.25, 0.3) is 0 Å². The fourth-order valence-corrected chi connectivity index (χ4v) is 4.55. The number of fused-ring (bicyclic) bond motifs is 1. The van der Waals surface area contributed by atoms with E-state index >= 15 is 0 Å². The van der Waals surface area contributed by atoms with Crippen molar-refractivity contribution in [3.63, 3.8) is 0 Å². The smallest absolute Gasteiger partial charge is 0.489 e. The molecule has 12 heteroatoms. The number of carboxylic acids is 1. The van der Waals surface area contributed by atoms with Crippen LogP contribution < -0.4 is 14.4 Å². The minimum absolute atomic E-state index is 0.0228. The van der Waals surface area contributed by atoms with E-state index in [0.29, 0.717) is 35.5 Å². The zero-order valence-corrected chi connectivity index (χ0v) is 23.1. The topological polar surface area (TPSA) is 106 Å². The van der Waals surface area contributed by atoms with E-state index in [1.807, 2.05) is 0 Å². The number of alkyl halides is 3. The number of carboxylic acid groups (broad SMARTS) is 1. The molecular weight excluding hydrogens is 545 g/mol. The first kappa shape index (κ1) is 30.0. The monoisotopic (exact) mass is 578 g/mol. The Morgan fingerprint density at radius 2 is 1.80 bits per heavy atom. The quantitative estimate of drug-likeness (QED) is 0.389. The van der Waals surface area contributed by atoms with Gasteiger partial charge < -0.3 is 24.2 Å². The van der Waals surface area contributed by atoms with Gasteiger partial charge >= 0.3 is 18.4 Å². The molecule has 1 heterocycles. The first-order chi connectivity index (χ1) is 19.2. The molecule has 1 N–H and O–H groups in total. The van der Waals surface area contributed by atoms with Crippen molar-refractivity contribution in [3.8, 4) is 11.5 Å². The molecule has 0 atom stereocenters. The van der Waals surface area contributed by atoms with Gasteiger partial charge in [-0.1, -0.05) is 12.1 Å². The van der Waals surface area contributed by atoms with Gasteiger partial charge in [0.1, 0.15) is 30.3 Å². The van der Waals surface area contributed by atoms with Crippen LogP contribution in [-0.2, 0) is 27.4 Å². The van der Waals surface area contributed by atoms with Crippen molar-refractivity contribution in [1.29, 1.82) is 0 Å². The first-order valence-electron chi connectivity index (χ1n) is 13.3. The lowest BCUT2D eigenvalue weighted by molar-refractivity contribution is -0.274. The van der Waals surface area contributed by atoms with Crippen molar-refractivity contribution in [2.75, 3.05) is 24.5 Å². The highest BCUT2D eigenvalue weighted by atomic mass is 19.4. The van der Waals surface area contributed by atoms with Gasteiger partial charge in [0.25, 0.3) is 0 Å². The van der Waals surface area contributed by atoms with Crippen molar-refractivity contribution >= 4 is 23.7 Å². The summed E-state index contributed by atoms with van der Waals surface area (Å²) >= 11 is 0. The van der Waals surface area contributed by atoms with Crippen LogP contribution in [0.3, 0.4) is 0 Å². The van der Waals surface area contributed by atoms with Gasteiger partial charge in [0.05, 0.1) is 6.42 Å². The van der Waals surface area contributed by atoms with Crippen LogP contribution in [0.5, 0.6) is 11.5 Å². The lowest BCUT2D eigenvalue weighted by atomic mass is 10.1. The third-order valence-corrected chi connectivity index (χ3v) is 6.55. The van der Waals surface area contributed by atoms with Crippen LogP contribution in [0.2, 0.25) is 0 Å². The van der Waals surface area contributed by atoms with Crippen LogP contribution in [0.4, 0.5) is 23.7 Å². The molecule has 9 nitrogen and oxygen atoms in total. The van der Waals surface area contributed by atoms with E-state index < -0.39 is 24.0 Å². The molecule has 2 aliphatic rings. The predicted octanol–water partition coefficient (Wildman–Crippen LogP) is 5.64. The highest BCUT2D eigenvalue weighted by molar-refractivity contribution is 5.98. The van der Waals surface area contributed by atoms with Gasteiger partial charge in [0.2, 0.25) is 5.91 Å². The molecule has 0 unspecified atom stereocenters. The van der Waals surface area contributed by atoms with Crippen LogP contribution in [0.15, 0.2) is 36.4 Å². The maximum atomic E-state index is 13.1. The second-order valence-electron chi connectivity index (χ2n) is 11.1. The second kappa shape index (κ2) is 11.9. The van der Waals surface area contributed by atoms with E-state index in [0.717, 1.165) is 23.3 Å². The largest absolute Gasteiger partial charge is 0.573 e. The SMILES string of the molecule is CC(C)(C)OC(=O)N(CCC(=O)O)CC(=O)N1CCc2cc(OCc3ccc(C4CC4)c(OC(F)(F)F)c3)ccc21. The minimum atomic E-state index is -4.79. The molecule has 1 saturated carbocycles. The molecule has 2 aromatic rings. The standard InChI is InChI=1S/C29H33F3N2O7/c1-28(2,3)41-27(38)33(12-11-26(36)37)16-25(35)34-13-10-20-15-21(7-9-23(20)34)39-17-18-4-8-22(19-5-6-19)24(14-18)40-29(30,31)32/h4,7-9,14-15,19H,5-6,10-13,16-17H2,1-3H3,(H,36,37). The number of ether oxygens (including phenoxy) is 3. The number of hydrogen-bond donors (Lipinski definition) is 1. The highest BCUT2D eigenvalue weighted by Gasteiger charge is 2.35. The summed E-state index contributed by atoms with van der Waals surface area (Å²) in [4.78, 5) is 39.4. The van der Waals surface area contributed by atoms with Gasteiger partial charge in [-0.05, 0) is 86.9 Å². The van der Waals surface area contributed by atoms with E-state index in [-0.39, 0.29) is 43.7 Å². The van der Waals surface area contributed by atoms with Crippen molar-refractivity contribution in [1.82, 2.24) is 4.90 Å². The molecule has 1 fully saturated rings. The molecule has 0 radical (unpaired) electrons. The summed E-state index contributed by atoms with van der Waals surface area (Å²) in [6.45, 7) is 4.89. The summed E-state index contributed by atoms with van der Waals surface area (Å²) in [5, 5.41) is 9.05. The Morgan fingerprint density at radius 3 is 2.44 bits per heavy atom. The van der Waals surface area contributed by atoms with Crippen molar-refractivity contribution < 1.29 is 46.9 Å². The van der Waals surface area contributed by atoms with Crippen molar-refractivity contribution in [2.24, 2.45) is 0 Å². The molecule has 0 saturated heterocycles. The minimum Gasteiger partial charge on any atom is -0.489 e. The number of aliphatic carboxylic acids is 1. The molecule has 41 heavy (non-hydrogen) atoms. The van der Waals surface area contributed by atoms with Gasteiger partial charge in [-0.3, -0.25) is 14.5 Å². The summed E-state index contributed by atoms with van der Waals surface area (Å²) in [7, 11) is 0. The third-order valence-electron chi connectivity index (χ3n) is 6.55. The summed E-state index contributed by atoms with van der Waals surface area (Å²) in [6, 6.07) is 9.87. The number of halogens is 3. The normalized spacial score (nSPS) is 14.8. The van der Waals surface area contributed by atoms with Crippen molar-refractivity contribution in [3.05, 3.63) is 53.1 Å². The first-order valence-corrected chi connectivity index (χ1v) is 13.3. The Kier molecular flexibility index (Phi) is 8.69. The van der Waals surface area contributed by atoms with E-state index in [9.17, 15) is 27.6 Å². The second-order valence-corrected chi connectivity index (χ2v) is 11.1. The lowest BCUT2D eigenvalue weighted by Crippen LogP contribution is -2.45. The Hall–Kier alpha value is -3.96. The Balaban J connectivity index is 1.41. The lowest BCUT2D eigenvalue weighted by Gasteiger charge is -2.28. The number of anilines is 1. The molecule has 2 amide bonds.